The summed E-state index contributed by atoms with van der Waals surface area (Å²) < 4.78 is 26.6. The molecule has 6 heteroatoms. The minimum atomic E-state index is -3.83. The summed E-state index contributed by atoms with van der Waals surface area (Å²) in [6.45, 7) is 2.71. The smallest absolute Gasteiger partial charge is 0.274 e. The molecule has 0 spiro atoms. The summed E-state index contributed by atoms with van der Waals surface area (Å²) in [6.07, 6.45) is 0. The fourth-order valence-corrected chi connectivity index (χ4v) is 1.16. The highest BCUT2D eigenvalue weighted by Crippen LogP contribution is 1.99. The highest BCUT2D eigenvalue weighted by atomic mass is 32.2. The number of nitrogens with zero attached hydrogens (tertiary/aromatic N) is 1. The van der Waals surface area contributed by atoms with Crippen LogP contribution in [0.15, 0.2) is 0 Å². The van der Waals surface area contributed by atoms with Crippen molar-refractivity contribution in [1.82, 2.24) is 4.31 Å². The average Bonchev–Trinajstić information content (AvgIpc) is 1.86. The highest BCUT2D eigenvalue weighted by Gasteiger charge is 2.19. The van der Waals surface area contributed by atoms with Crippen molar-refractivity contribution in [1.29, 1.82) is 0 Å². The quantitative estimate of drug-likeness (QED) is 0.602. The normalized spacial score (nSPS) is 11.2. The third kappa shape index (κ3) is 2.85. The van der Waals surface area contributed by atoms with Gasteiger partial charge in [-0.25, -0.2) is 4.31 Å². The van der Waals surface area contributed by atoms with Crippen LogP contribution in [0.1, 0.15) is 13.8 Å². The first-order valence-corrected chi connectivity index (χ1v) is 4.42. The van der Waals surface area contributed by atoms with Gasteiger partial charge in [0.1, 0.15) is 0 Å². The van der Waals surface area contributed by atoms with Gasteiger partial charge in [0.2, 0.25) is 5.91 Å². The lowest BCUT2D eigenvalue weighted by Crippen LogP contribution is -2.32. The predicted molar refractivity (Wildman–Crippen MR) is 39.0 cm³/mol. The van der Waals surface area contributed by atoms with E-state index in [1.165, 1.54) is 6.92 Å². The van der Waals surface area contributed by atoms with Gasteiger partial charge in [-0.05, 0) is 6.92 Å². The van der Waals surface area contributed by atoms with Crippen molar-refractivity contribution in [3.8, 4) is 0 Å². The second-order valence-electron chi connectivity index (χ2n) is 1.85. The minimum Gasteiger partial charge on any atom is -0.274 e. The van der Waals surface area contributed by atoms with Crippen molar-refractivity contribution in [2.24, 2.45) is 0 Å². The first-order chi connectivity index (χ1) is 4.91. The van der Waals surface area contributed by atoms with E-state index in [9.17, 15) is 13.2 Å². The molecule has 0 heterocycles. The van der Waals surface area contributed by atoms with Gasteiger partial charge in [-0.15, -0.1) is 0 Å². The standard InChI is InChI=1S/C5H11NO4S/c1-4-10-11(8,9)6(3)5(2)7/h4H2,1-3H3. The molecule has 0 aliphatic heterocycles. The topological polar surface area (TPSA) is 63.7 Å². The van der Waals surface area contributed by atoms with Crippen LogP contribution in [0.2, 0.25) is 0 Å². The SMILES string of the molecule is CCOS(=O)(=O)N(C)C(C)=O. The molecule has 0 fully saturated rings. The monoisotopic (exact) mass is 181 g/mol. The molecule has 0 aromatic rings. The van der Waals surface area contributed by atoms with Gasteiger partial charge < -0.3 is 0 Å². The summed E-state index contributed by atoms with van der Waals surface area (Å²) in [4.78, 5) is 10.5. The third-order valence-electron chi connectivity index (χ3n) is 1.05. The Morgan fingerprint density at radius 1 is 1.55 bits per heavy atom. The van der Waals surface area contributed by atoms with Gasteiger partial charge in [-0.3, -0.25) is 8.98 Å². The van der Waals surface area contributed by atoms with Crippen LogP contribution in [0.5, 0.6) is 0 Å². The molecule has 5 nitrogen and oxygen atoms in total. The van der Waals surface area contributed by atoms with Crippen LogP contribution in [0, 0.1) is 0 Å². The molecular weight excluding hydrogens is 170 g/mol. The maximum absolute atomic E-state index is 10.9. The maximum Gasteiger partial charge on any atom is 0.364 e. The molecule has 1 amide bonds. The van der Waals surface area contributed by atoms with Gasteiger partial charge in [0.25, 0.3) is 0 Å². The Kier molecular flexibility index (Phi) is 3.47. The largest absolute Gasteiger partial charge is 0.364 e. The number of carbonyl (C=O) groups excluding carboxylic acids is 1. The molecule has 0 saturated carbocycles. The van der Waals surface area contributed by atoms with E-state index in [1.54, 1.807) is 0 Å². The fourth-order valence-electron chi connectivity index (χ4n) is 0.385. The fraction of sp³-hybridized carbons (Fsp3) is 0.800. The summed E-state index contributed by atoms with van der Waals surface area (Å²) in [5.41, 5.74) is 0. The second kappa shape index (κ2) is 3.68. The molecule has 0 aromatic carbocycles. The number of amides is 1. The number of hydrogen-bond donors (Lipinski definition) is 0. The van der Waals surface area contributed by atoms with E-state index in [4.69, 9.17) is 0 Å². The molecule has 0 aliphatic rings. The van der Waals surface area contributed by atoms with Crippen molar-refractivity contribution >= 4 is 16.2 Å². The van der Waals surface area contributed by atoms with Gasteiger partial charge in [-0.1, -0.05) is 0 Å². The van der Waals surface area contributed by atoms with E-state index in [0.29, 0.717) is 4.31 Å². The molecule has 0 bridgehead atoms. The Labute approximate surface area is 66.2 Å². The summed E-state index contributed by atoms with van der Waals surface area (Å²) in [6, 6.07) is 0. The summed E-state index contributed by atoms with van der Waals surface area (Å²) in [5, 5.41) is 0. The van der Waals surface area contributed by atoms with Crippen LogP contribution in [-0.4, -0.2) is 32.3 Å². The lowest BCUT2D eigenvalue weighted by molar-refractivity contribution is -0.123. The van der Waals surface area contributed by atoms with Gasteiger partial charge in [0.05, 0.1) is 6.61 Å². The molecule has 11 heavy (non-hydrogen) atoms. The molecule has 66 valence electrons. The van der Waals surface area contributed by atoms with Crippen LogP contribution in [0.25, 0.3) is 0 Å². The molecule has 0 aliphatic carbocycles. The zero-order chi connectivity index (χ0) is 9.07. The molecule has 0 rings (SSSR count). The lowest BCUT2D eigenvalue weighted by atomic mass is 10.7. The average molecular weight is 181 g/mol. The molecule has 0 radical (unpaired) electrons. The van der Waals surface area contributed by atoms with E-state index >= 15 is 0 Å². The third-order valence-corrected chi connectivity index (χ3v) is 2.51. The predicted octanol–water partition coefficient (Wildman–Crippen LogP) is -0.254. The molecule has 0 unspecified atom stereocenters. The Hall–Kier alpha value is -0.620. The van der Waals surface area contributed by atoms with Crippen LogP contribution in [0.3, 0.4) is 0 Å². The molecule has 0 saturated heterocycles. The number of carbonyl (C=O) groups is 1. The van der Waals surface area contributed by atoms with Crippen molar-refractivity contribution in [2.75, 3.05) is 13.7 Å². The lowest BCUT2D eigenvalue weighted by Gasteiger charge is -2.13. The summed E-state index contributed by atoms with van der Waals surface area (Å²) in [5.74, 6) is -0.571. The van der Waals surface area contributed by atoms with E-state index in [2.05, 4.69) is 4.18 Å². The van der Waals surface area contributed by atoms with E-state index < -0.39 is 16.2 Å². The van der Waals surface area contributed by atoms with Crippen LogP contribution in [0.4, 0.5) is 0 Å². The number of hydrogen-bond acceptors (Lipinski definition) is 4. The van der Waals surface area contributed by atoms with Crippen molar-refractivity contribution in [2.45, 2.75) is 13.8 Å². The van der Waals surface area contributed by atoms with Gasteiger partial charge in [0.15, 0.2) is 0 Å². The van der Waals surface area contributed by atoms with Gasteiger partial charge in [0, 0.05) is 14.0 Å². The Morgan fingerprint density at radius 2 is 2.00 bits per heavy atom. The van der Waals surface area contributed by atoms with Crippen molar-refractivity contribution < 1.29 is 17.4 Å². The molecule has 0 aromatic heterocycles. The Bertz CT molecular complexity index is 233. The Morgan fingerprint density at radius 3 is 2.27 bits per heavy atom. The summed E-state index contributed by atoms with van der Waals surface area (Å²) >= 11 is 0. The minimum absolute atomic E-state index is 0.0277. The zero-order valence-electron chi connectivity index (χ0n) is 6.70. The van der Waals surface area contributed by atoms with Gasteiger partial charge >= 0.3 is 10.3 Å². The molecule has 0 N–H and O–H groups in total. The first kappa shape index (κ1) is 10.4. The van der Waals surface area contributed by atoms with E-state index in [1.807, 2.05) is 0 Å². The second-order valence-corrected chi connectivity index (χ2v) is 3.49. The van der Waals surface area contributed by atoms with Crippen LogP contribution >= 0.6 is 0 Å². The maximum atomic E-state index is 10.9. The highest BCUT2D eigenvalue weighted by molar-refractivity contribution is 7.84. The van der Waals surface area contributed by atoms with Crippen molar-refractivity contribution in [3.05, 3.63) is 0 Å². The zero-order valence-corrected chi connectivity index (χ0v) is 7.51. The Balaban J connectivity index is 4.44. The summed E-state index contributed by atoms with van der Waals surface area (Å²) in [7, 11) is -2.68. The van der Waals surface area contributed by atoms with E-state index in [-0.39, 0.29) is 6.61 Å². The molecule has 0 atom stereocenters. The van der Waals surface area contributed by atoms with Crippen molar-refractivity contribution in [3.63, 3.8) is 0 Å². The first-order valence-electron chi connectivity index (χ1n) is 3.05. The van der Waals surface area contributed by atoms with Crippen LogP contribution in [-0.2, 0) is 19.3 Å². The van der Waals surface area contributed by atoms with Gasteiger partial charge in [-0.2, -0.15) is 8.42 Å². The number of rotatable bonds is 3. The van der Waals surface area contributed by atoms with E-state index in [0.717, 1.165) is 14.0 Å². The molecular formula is C5H11NO4S. The van der Waals surface area contributed by atoms with Crippen LogP contribution < -0.4 is 0 Å².